The Morgan fingerprint density at radius 3 is 2.78 bits per heavy atom. The Hall–Kier alpha value is -1.29. The number of nitrogens with one attached hydrogen (secondary N) is 1. The van der Waals surface area contributed by atoms with Crippen LogP contribution in [0.5, 0.6) is 0 Å². The van der Waals surface area contributed by atoms with Gasteiger partial charge in [0, 0.05) is 38.4 Å². The van der Waals surface area contributed by atoms with Gasteiger partial charge in [0.2, 0.25) is 0 Å². The van der Waals surface area contributed by atoms with Crippen LogP contribution in [0.3, 0.4) is 0 Å². The number of hydrogen-bond acceptors (Lipinski definition) is 2. The Morgan fingerprint density at radius 2 is 2.22 bits per heavy atom. The van der Waals surface area contributed by atoms with Gasteiger partial charge in [0.05, 0.1) is 0 Å². The number of rotatable bonds is 3. The predicted octanol–water partition coefficient (Wildman–Crippen LogP) is 1.63. The van der Waals surface area contributed by atoms with Gasteiger partial charge in [-0.25, -0.2) is 0 Å². The van der Waals surface area contributed by atoms with Crippen molar-refractivity contribution in [2.45, 2.75) is 38.8 Å². The third-order valence-corrected chi connectivity index (χ3v) is 3.89. The van der Waals surface area contributed by atoms with Crippen LogP contribution in [0.25, 0.3) is 0 Å². The van der Waals surface area contributed by atoms with E-state index in [0.29, 0.717) is 12.1 Å². The highest BCUT2D eigenvalue weighted by atomic mass is 16.2. The van der Waals surface area contributed by atoms with E-state index in [1.165, 1.54) is 0 Å². The van der Waals surface area contributed by atoms with Crippen LogP contribution in [0.1, 0.15) is 37.2 Å². The molecule has 0 bridgehead atoms. The van der Waals surface area contributed by atoms with Crippen LogP contribution >= 0.6 is 0 Å². The quantitative estimate of drug-likeness (QED) is 0.884. The lowest BCUT2D eigenvalue weighted by Gasteiger charge is -2.40. The second-order valence-electron chi connectivity index (χ2n) is 5.04. The summed E-state index contributed by atoms with van der Waals surface area (Å²) in [5.74, 6) is 0.161. The Balaban J connectivity index is 2.17. The van der Waals surface area contributed by atoms with Gasteiger partial charge in [0.25, 0.3) is 5.91 Å². The molecule has 0 aromatic carbocycles. The highest BCUT2D eigenvalue weighted by Gasteiger charge is 2.30. The Labute approximate surface area is 109 Å². The smallest absolute Gasteiger partial charge is 0.270 e. The van der Waals surface area contributed by atoms with Gasteiger partial charge in [-0.1, -0.05) is 13.8 Å². The molecule has 2 unspecified atom stereocenters. The lowest BCUT2D eigenvalue weighted by molar-refractivity contribution is 0.0566. The number of aromatic nitrogens is 1. The van der Waals surface area contributed by atoms with Gasteiger partial charge in [-0.15, -0.1) is 0 Å². The average Bonchev–Trinajstić information content (AvgIpc) is 2.83. The maximum atomic E-state index is 12.6. The minimum absolute atomic E-state index is 0.161. The van der Waals surface area contributed by atoms with Gasteiger partial charge in [-0.3, -0.25) is 4.79 Å². The van der Waals surface area contributed by atoms with Crippen molar-refractivity contribution in [2.24, 2.45) is 7.05 Å². The maximum absolute atomic E-state index is 12.6. The first-order valence-corrected chi connectivity index (χ1v) is 6.83. The fraction of sp³-hybridized carbons (Fsp3) is 0.643. The van der Waals surface area contributed by atoms with Crippen molar-refractivity contribution in [2.75, 3.05) is 13.1 Å². The molecule has 0 saturated carbocycles. The highest BCUT2D eigenvalue weighted by molar-refractivity contribution is 5.93. The normalized spacial score (nSPS) is 24.3. The van der Waals surface area contributed by atoms with Crippen LogP contribution in [0.2, 0.25) is 0 Å². The zero-order chi connectivity index (χ0) is 13.1. The zero-order valence-corrected chi connectivity index (χ0v) is 11.5. The molecule has 2 heterocycles. The van der Waals surface area contributed by atoms with E-state index in [2.05, 4.69) is 19.2 Å². The molecule has 0 radical (unpaired) electrons. The molecule has 0 aliphatic carbocycles. The number of nitrogens with zero attached hydrogens (tertiary/aromatic N) is 2. The number of amides is 1. The van der Waals surface area contributed by atoms with Crippen molar-refractivity contribution >= 4 is 5.91 Å². The van der Waals surface area contributed by atoms with Crippen molar-refractivity contribution in [3.63, 3.8) is 0 Å². The molecule has 18 heavy (non-hydrogen) atoms. The Bertz CT molecular complexity index is 413. The number of hydrogen-bond donors (Lipinski definition) is 1. The molecule has 1 N–H and O–H groups in total. The molecule has 4 nitrogen and oxygen atoms in total. The molecule has 1 aromatic rings. The summed E-state index contributed by atoms with van der Waals surface area (Å²) in [6.45, 7) is 6.03. The highest BCUT2D eigenvalue weighted by Crippen LogP contribution is 2.16. The van der Waals surface area contributed by atoms with E-state index in [4.69, 9.17) is 0 Å². The van der Waals surface area contributed by atoms with Crippen molar-refractivity contribution in [1.29, 1.82) is 0 Å². The molecule has 2 atom stereocenters. The zero-order valence-electron chi connectivity index (χ0n) is 11.5. The summed E-state index contributed by atoms with van der Waals surface area (Å²) in [6, 6.07) is 4.57. The summed E-state index contributed by atoms with van der Waals surface area (Å²) >= 11 is 0. The number of piperazine rings is 1. The van der Waals surface area contributed by atoms with Crippen molar-refractivity contribution < 1.29 is 4.79 Å². The van der Waals surface area contributed by atoms with Gasteiger partial charge < -0.3 is 14.8 Å². The van der Waals surface area contributed by atoms with Gasteiger partial charge >= 0.3 is 0 Å². The van der Waals surface area contributed by atoms with E-state index in [-0.39, 0.29) is 5.91 Å². The lowest BCUT2D eigenvalue weighted by atomic mass is 10.0. The molecule has 4 heteroatoms. The molecule has 1 aliphatic rings. The monoisotopic (exact) mass is 249 g/mol. The summed E-state index contributed by atoms with van der Waals surface area (Å²) in [7, 11) is 1.92. The van der Waals surface area contributed by atoms with Crippen LogP contribution < -0.4 is 5.32 Å². The molecular formula is C14H23N3O. The van der Waals surface area contributed by atoms with Gasteiger partial charge in [0.1, 0.15) is 5.69 Å². The van der Waals surface area contributed by atoms with E-state index in [0.717, 1.165) is 31.6 Å². The Kier molecular flexibility index (Phi) is 4.07. The van der Waals surface area contributed by atoms with Crippen LogP contribution in [-0.2, 0) is 7.05 Å². The van der Waals surface area contributed by atoms with Gasteiger partial charge in [-0.2, -0.15) is 0 Å². The molecule has 1 fully saturated rings. The summed E-state index contributed by atoms with van der Waals surface area (Å²) in [4.78, 5) is 14.6. The first-order chi connectivity index (χ1) is 8.67. The van der Waals surface area contributed by atoms with E-state index in [1.54, 1.807) is 0 Å². The third-order valence-electron chi connectivity index (χ3n) is 3.89. The summed E-state index contributed by atoms with van der Waals surface area (Å²) < 4.78 is 1.90. The molecule has 2 rings (SSSR count). The molecule has 0 spiro atoms. The van der Waals surface area contributed by atoms with E-state index < -0.39 is 0 Å². The van der Waals surface area contributed by atoms with Gasteiger partial charge in [-0.05, 0) is 25.0 Å². The minimum Gasteiger partial charge on any atom is -0.347 e. The standard InChI is InChI=1S/C14H23N3O/c1-4-11-10-17(12(5-2)9-15-11)14(18)13-7-6-8-16(13)3/h6-8,11-12,15H,4-5,9-10H2,1-3H3. The van der Waals surface area contributed by atoms with Gasteiger partial charge in [0.15, 0.2) is 0 Å². The third kappa shape index (κ3) is 2.43. The average molecular weight is 249 g/mol. The second-order valence-corrected chi connectivity index (χ2v) is 5.04. The largest absolute Gasteiger partial charge is 0.347 e. The maximum Gasteiger partial charge on any atom is 0.270 e. The van der Waals surface area contributed by atoms with E-state index >= 15 is 0 Å². The first kappa shape index (κ1) is 13.1. The van der Waals surface area contributed by atoms with Crippen molar-refractivity contribution in [3.05, 3.63) is 24.0 Å². The lowest BCUT2D eigenvalue weighted by Crippen LogP contribution is -2.58. The van der Waals surface area contributed by atoms with Crippen LogP contribution in [0.4, 0.5) is 0 Å². The van der Waals surface area contributed by atoms with E-state index in [9.17, 15) is 4.79 Å². The summed E-state index contributed by atoms with van der Waals surface area (Å²) in [5.41, 5.74) is 0.783. The van der Waals surface area contributed by atoms with Crippen molar-refractivity contribution in [1.82, 2.24) is 14.8 Å². The van der Waals surface area contributed by atoms with Crippen LogP contribution in [0, 0.1) is 0 Å². The molecule has 100 valence electrons. The first-order valence-electron chi connectivity index (χ1n) is 6.83. The molecular weight excluding hydrogens is 226 g/mol. The number of carbonyl (C=O) groups excluding carboxylic acids is 1. The number of carbonyl (C=O) groups is 1. The Morgan fingerprint density at radius 1 is 1.44 bits per heavy atom. The fourth-order valence-corrected chi connectivity index (χ4v) is 2.58. The summed E-state index contributed by atoms with van der Waals surface area (Å²) in [5, 5.41) is 3.51. The second kappa shape index (κ2) is 5.57. The molecule has 1 saturated heterocycles. The number of aryl methyl sites for hydroxylation is 1. The predicted molar refractivity (Wildman–Crippen MR) is 72.6 cm³/mol. The van der Waals surface area contributed by atoms with Crippen molar-refractivity contribution in [3.8, 4) is 0 Å². The minimum atomic E-state index is 0.161. The topological polar surface area (TPSA) is 37.3 Å². The van der Waals surface area contributed by atoms with E-state index in [1.807, 2.05) is 34.8 Å². The molecule has 1 amide bonds. The summed E-state index contributed by atoms with van der Waals surface area (Å²) in [6.07, 6.45) is 3.99. The molecule has 1 aromatic heterocycles. The fourth-order valence-electron chi connectivity index (χ4n) is 2.58. The van der Waals surface area contributed by atoms with Crippen LogP contribution in [0.15, 0.2) is 18.3 Å². The SMILES string of the molecule is CCC1CN(C(=O)c2cccn2C)C(CC)CN1. The molecule has 1 aliphatic heterocycles. The van der Waals surface area contributed by atoms with Crippen LogP contribution in [-0.4, -0.2) is 40.5 Å².